The Morgan fingerprint density at radius 3 is 2.93 bits per heavy atom. The molecule has 0 unspecified atom stereocenters. The summed E-state index contributed by atoms with van der Waals surface area (Å²) in [6, 6.07) is 7.47. The van der Waals surface area contributed by atoms with Crippen LogP contribution < -0.4 is 4.74 Å². The third-order valence-electron chi connectivity index (χ3n) is 1.97. The standard InChI is InChI=1S/C11H12N2O2/c1-14-7-8-15-11-5-4-9-10(13-11)3-2-6-12-9/h2-6H,7-8H2,1H3. The van der Waals surface area contributed by atoms with Gasteiger partial charge in [0.15, 0.2) is 0 Å². The van der Waals surface area contributed by atoms with Gasteiger partial charge in [-0.15, -0.1) is 0 Å². The molecule has 78 valence electrons. The van der Waals surface area contributed by atoms with E-state index in [1.807, 2.05) is 24.3 Å². The van der Waals surface area contributed by atoms with Gasteiger partial charge >= 0.3 is 0 Å². The molecule has 0 spiro atoms. The molecule has 0 aliphatic heterocycles. The normalized spacial score (nSPS) is 10.5. The van der Waals surface area contributed by atoms with Crippen LogP contribution in [0.25, 0.3) is 11.0 Å². The van der Waals surface area contributed by atoms with E-state index in [1.165, 1.54) is 0 Å². The Labute approximate surface area is 87.9 Å². The first kappa shape index (κ1) is 9.86. The van der Waals surface area contributed by atoms with Gasteiger partial charge < -0.3 is 9.47 Å². The van der Waals surface area contributed by atoms with Crippen LogP contribution in [0.1, 0.15) is 0 Å². The van der Waals surface area contributed by atoms with E-state index in [1.54, 1.807) is 13.3 Å². The predicted molar refractivity (Wildman–Crippen MR) is 56.9 cm³/mol. The number of methoxy groups -OCH3 is 1. The molecule has 0 saturated heterocycles. The number of fused-ring (bicyclic) bond motifs is 1. The van der Waals surface area contributed by atoms with Crippen molar-refractivity contribution in [3.8, 4) is 5.88 Å². The minimum absolute atomic E-state index is 0.509. The monoisotopic (exact) mass is 204 g/mol. The maximum Gasteiger partial charge on any atom is 0.213 e. The van der Waals surface area contributed by atoms with Gasteiger partial charge in [0, 0.05) is 19.4 Å². The molecule has 0 amide bonds. The van der Waals surface area contributed by atoms with Crippen LogP contribution in [0.4, 0.5) is 0 Å². The number of aromatic nitrogens is 2. The first-order valence-electron chi connectivity index (χ1n) is 4.73. The molecule has 0 aromatic carbocycles. The van der Waals surface area contributed by atoms with Crippen molar-refractivity contribution in [1.29, 1.82) is 0 Å². The third-order valence-corrected chi connectivity index (χ3v) is 1.97. The lowest BCUT2D eigenvalue weighted by atomic mass is 10.3. The van der Waals surface area contributed by atoms with Gasteiger partial charge in [0.05, 0.1) is 17.6 Å². The second kappa shape index (κ2) is 4.70. The minimum atomic E-state index is 0.509. The Bertz CT molecular complexity index is 445. The molecule has 0 saturated carbocycles. The summed E-state index contributed by atoms with van der Waals surface area (Å²) in [5.74, 6) is 0.604. The van der Waals surface area contributed by atoms with Crippen molar-refractivity contribution in [2.24, 2.45) is 0 Å². The van der Waals surface area contributed by atoms with Crippen molar-refractivity contribution in [2.75, 3.05) is 20.3 Å². The molecule has 0 N–H and O–H groups in total. The van der Waals surface area contributed by atoms with Crippen LogP contribution >= 0.6 is 0 Å². The number of nitrogens with zero attached hydrogens (tertiary/aromatic N) is 2. The number of pyridine rings is 2. The maximum atomic E-state index is 5.39. The first-order chi connectivity index (χ1) is 7.40. The molecule has 4 heteroatoms. The van der Waals surface area contributed by atoms with Gasteiger partial charge in [-0.3, -0.25) is 4.98 Å². The summed E-state index contributed by atoms with van der Waals surface area (Å²) in [4.78, 5) is 8.48. The zero-order valence-electron chi connectivity index (χ0n) is 8.51. The number of hydrogen-bond donors (Lipinski definition) is 0. The predicted octanol–water partition coefficient (Wildman–Crippen LogP) is 1.66. The van der Waals surface area contributed by atoms with Gasteiger partial charge in [0.2, 0.25) is 5.88 Å². The summed E-state index contributed by atoms with van der Waals surface area (Å²) in [5, 5.41) is 0. The fourth-order valence-electron chi connectivity index (χ4n) is 1.25. The molecule has 0 atom stereocenters. The second-order valence-corrected chi connectivity index (χ2v) is 3.03. The zero-order chi connectivity index (χ0) is 10.5. The van der Waals surface area contributed by atoms with E-state index in [-0.39, 0.29) is 0 Å². The summed E-state index contributed by atoms with van der Waals surface area (Å²) in [6.45, 7) is 1.07. The lowest BCUT2D eigenvalue weighted by molar-refractivity contribution is 0.144. The Morgan fingerprint density at radius 2 is 2.07 bits per heavy atom. The molecule has 2 rings (SSSR count). The van der Waals surface area contributed by atoms with Crippen LogP contribution in [-0.4, -0.2) is 30.3 Å². The molecule has 0 aliphatic rings. The van der Waals surface area contributed by atoms with E-state index in [0.717, 1.165) is 11.0 Å². The molecular weight excluding hydrogens is 192 g/mol. The summed E-state index contributed by atoms with van der Waals surface area (Å²) in [5.41, 5.74) is 1.71. The van der Waals surface area contributed by atoms with Crippen molar-refractivity contribution in [3.05, 3.63) is 30.5 Å². The summed E-state index contributed by atoms with van der Waals surface area (Å²) in [6.07, 6.45) is 1.75. The highest BCUT2D eigenvalue weighted by atomic mass is 16.5. The van der Waals surface area contributed by atoms with E-state index in [2.05, 4.69) is 9.97 Å². The van der Waals surface area contributed by atoms with E-state index < -0.39 is 0 Å². The number of hydrogen-bond acceptors (Lipinski definition) is 4. The number of rotatable bonds is 4. The van der Waals surface area contributed by atoms with Crippen molar-refractivity contribution in [1.82, 2.24) is 9.97 Å². The van der Waals surface area contributed by atoms with Gasteiger partial charge in [0.1, 0.15) is 6.61 Å². The molecule has 15 heavy (non-hydrogen) atoms. The first-order valence-corrected chi connectivity index (χ1v) is 4.73. The Hall–Kier alpha value is -1.68. The largest absolute Gasteiger partial charge is 0.475 e. The Morgan fingerprint density at radius 1 is 1.13 bits per heavy atom. The second-order valence-electron chi connectivity index (χ2n) is 3.03. The quantitative estimate of drug-likeness (QED) is 0.710. The van der Waals surface area contributed by atoms with E-state index >= 15 is 0 Å². The molecule has 2 aromatic rings. The highest BCUT2D eigenvalue weighted by Gasteiger charge is 1.98. The molecular formula is C11H12N2O2. The highest BCUT2D eigenvalue weighted by Crippen LogP contribution is 2.13. The van der Waals surface area contributed by atoms with Gasteiger partial charge in [-0.25, -0.2) is 4.98 Å². The lowest BCUT2D eigenvalue weighted by Crippen LogP contribution is -2.05. The van der Waals surface area contributed by atoms with Crippen molar-refractivity contribution >= 4 is 11.0 Å². The Balaban J connectivity index is 2.16. The summed E-state index contributed by atoms with van der Waals surface area (Å²) < 4.78 is 10.3. The maximum absolute atomic E-state index is 5.39. The molecule has 2 heterocycles. The molecule has 0 fully saturated rings. The highest BCUT2D eigenvalue weighted by molar-refractivity contribution is 5.74. The SMILES string of the molecule is COCCOc1ccc2ncccc2n1. The van der Waals surface area contributed by atoms with E-state index in [0.29, 0.717) is 19.1 Å². The topological polar surface area (TPSA) is 44.2 Å². The van der Waals surface area contributed by atoms with E-state index in [4.69, 9.17) is 9.47 Å². The fraction of sp³-hybridized carbons (Fsp3) is 0.273. The van der Waals surface area contributed by atoms with Crippen molar-refractivity contribution in [3.63, 3.8) is 0 Å². The fourth-order valence-corrected chi connectivity index (χ4v) is 1.25. The van der Waals surface area contributed by atoms with Gasteiger partial charge in [-0.1, -0.05) is 0 Å². The van der Waals surface area contributed by atoms with Crippen LogP contribution in [0.3, 0.4) is 0 Å². The molecule has 4 nitrogen and oxygen atoms in total. The molecule has 0 bridgehead atoms. The van der Waals surface area contributed by atoms with Crippen LogP contribution in [0.15, 0.2) is 30.5 Å². The van der Waals surface area contributed by atoms with E-state index in [9.17, 15) is 0 Å². The van der Waals surface area contributed by atoms with Crippen LogP contribution in [-0.2, 0) is 4.74 Å². The van der Waals surface area contributed by atoms with Gasteiger partial charge in [-0.05, 0) is 18.2 Å². The van der Waals surface area contributed by atoms with Crippen molar-refractivity contribution in [2.45, 2.75) is 0 Å². The third kappa shape index (κ3) is 2.41. The smallest absolute Gasteiger partial charge is 0.213 e. The van der Waals surface area contributed by atoms with Crippen molar-refractivity contribution < 1.29 is 9.47 Å². The average molecular weight is 204 g/mol. The summed E-state index contributed by atoms with van der Waals surface area (Å²) in [7, 11) is 1.64. The molecule has 0 radical (unpaired) electrons. The van der Waals surface area contributed by atoms with Crippen LogP contribution in [0, 0.1) is 0 Å². The number of ether oxygens (including phenoxy) is 2. The zero-order valence-corrected chi connectivity index (χ0v) is 8.51. The van der Waals surface area contributed by atoms with Crippen LogP contribution in [0.5, 0.6) is 5.88 Å². The molecule has 2 aromatic heterocycles. The lowest BCUT2D eigenvalue weighted by Gasteiger charge is -2.04. The summed E-state index contributed by atoms with van der Waals surface area (Å²) >= 11 is 0. The van der Waals surface area contributed by atoms with Crippen LogP contribution in [0.2, 0.25) is 0 Å². The molecule has 0 aliphatic carbocycles. The van der Waals surface area contributed by atoms with Gasteiger partial charge in [-0.2, -0.15) is 0 Å². The minimum Gasteiger partial charge on any atom is -0.475 e. The Kier molecular flexibility index (Phi) is 3.09. The average Bonchev–Trinajstić information content (AvgIpc) is 2.29. The van der Waals surface area contributed by atoms with Gasteiger partial charge in [0.25, 0.3) is 0 Å².